The molecular formula is C23H18N6S. The van der Waals surface area contributed by atoms with Crippen LogP contribution in [0, 0.1) is 6.92 Å². The Morgan fingerprint density at radius 3 is 2.30 bits per heavy atom. The summed E-state index contributed by atoms with van der Waals surface area (Å²) in [5.41, 5.74) is 11.4. The molecule has 146 valence electrons. The second-order valence-corrected chi connectivity index (χ2v) is 7.74. The maximum Gasteiger partial charge on any atom is 0.191 e. The van der Waals surface area contributed by atoms with E-state index < -0.39 is 0 Å². The lowest BCUT2D eigenvalue weighted by Gasteiger charge is -2.09. The van der Waals surface area contributed by atoms with Gasteiger partial charge >= 0.3 is 0 Å². The van der Waals surface area contributed by atoms with Gasteiger partial charge in [0.1, 0.15) is 0 Å². The molecule has 0 radical (unpaired) electrons. The lowest BCUT2D eigenvalue weighted by molar-refractivity contribution is 0.923. The highest BCUT2D eigenvalue weighted by atomic mass is 32.2. The summed E-state index contributed by atoms with van der Waals surface area (Å²) < 4.78 is 0. The van der Waals surface area contributed by atoms with Crippen LogP contribution in [0.15, 0.2) is 66.0 Å². The van der Waals surface area contributed by atoms with Gasteiger partial charge in [-0.05, 0) is 61.7 Å². The molecule has 0 saturated heterocycles. The van der Waals surface area contributed by atoms with Gasteiger partial charge in [-0.1, -0.05) is 17.8 Å². The van der Waals surface area contributed by atoms with Crippen LogP contribution in [0.4, 0.5) is 5.69 Å². The highest BCUT2D eigenvalue weighted by molar-refractivity contribution is 7.98. The number of anilines is 1. The van der Waals surface area contributed by atoms with E-state index in [1.807, 2.05) is 61.7 Å². The van der Waals surface area contributed by atoms with Crippen molar-refractivity contribution in [2.75, 3.05) is 12.0 Å². The molecule has 0 amide bonds. The summed E-state index contributed by atoms with van der Waals surface area (Å²) in [5.74, 6) is 1.24. The van der Waals surface area contributed by atoms with Gasteiger partial charge in [-0.15, -0.1) is 0 Å². The molecule has 2 N–H and O–H groups in total. The quantitative estimate of drug-likeness (QED) is 0.422. The van der Waals surface area contributed by atoms with E-state index in [9.17, 15) is 0 Å². The molecule has 30 heavy (non-hydrogen) atoms. The van der Waals surface area contributed by atoms with E-state index in [1.165, 1.54) is 11.8 Å². The molecule has 0 spiro atoms. The number of nitrogen functional groups attached to an aromatic ring is 1. The molecular weight excluding hydrogens is 392 g/mol. The number of nitrogens with two attached hydrogens (primary N) is 1. The smallest absolute Gasteiger partial charge is 0.191 e. The molecule has 5 aromatic rings. The van der Waals surface area contributed by atoms with Crippen molar-refractivity contribution in [1.29, 1.82) is 0 Å². The first-order valence-electron chi connectivity index (χ1n) is 9.43. The van der Waals surface area contributed by atoms with E-state index in [2.05, 4.69) is 26.0 Å². The maximum absolute atomic E-state index is 6.23. The number of hydrogen-bond acceptors (Lipinski definition) is 7. The van der Waals surface area contributed by atoms with Crippen molar-refractivity contribution in [3.8, 4) is 22.8 Å². The van der Waals surface area contributed by atoms with Crippen LogP contribution in [0.25, 0.3) is 44.6 Å². The topological polar surface area (TPSA) is 90.5 Å². The molecule has 0 aliphatic rings. The van der Waals surface area contributed by atoms with Crippen molar-refractivity contribution in [2.45, 2.75) is 12.1 Å². The van der Waals surface area contributed by atoms with Gasteiger partial charge in [-0.3, -0.25) is 9.97 Å². The largest absolute Gasteiger partial charge is 0.398 e. The van der Waals surface area contributed by atoms with Crippen molar-refractivity contribution in [2.24, 2.45) is 0 Å². The number of thioether (sulfide) groups is 1. The maximum atomic E-state index is 6.23. The van der Waals surface area contributed by atoms with Crippen molar-refractivity contribution in [3.63, 3.8) is 0 Å². The number of aryl methyl sites for hydroxylation is 1. The summed E-state index contributed by atoms with van der Waals surface area (Å²) in [4.78, 5) is 23.0. The van der Waals surface area contributed by atoms with E-state index in [0.717, 1.165) is 38.6 Å². The van der Waals surface area contributed by atoms with E-state index in [1.54, 1.807) is 6.20 Å². The van der Waals surface area contributed by atoms with Crippen LogP contribution in [0.5, 0.6) is 0 Å². The predicted molar refractivity (Wildman–Crippen MR) is 122 cm³/mol. The molecule has 3 aromatic heterocycles. The molecule has 6 nitrogen and oxygen atoms in total. The number of rotatable bonds is 3. The molecule has 3 heterocycles. The van der Waals surface area contributed by atoms with E-state index in [0.29, 0.717) is 22.5 Å². The Morgan fingerprint density at radius 1 is 0.800 bits per heavy atom. The first-order chi connectivity index (χ1) is 14.6. The fourth-order valence-corrected chi connectivity index (χ4v) is 3.81. The first-order valence-corrected chi connectivity index (χ1v) is 10.7. The Bertz CT molecular complexity index is 1420. The normalized spacial score (nSPS) is 11.3. The number of benzene rings is 2. The van der Waals surface area contributed by atoms with Gasteiger partial charge in [0.2, 0.25) is 0 Å². The highest BCUT2D eigenvalue weighted by Crippen LogP contribution is 2.29. The Labute approximate surface area is 177 Å². The Kier molecular flexibility index (Phi) is 4.52. The van der Waals surface area contributed by atoms with Crippen LogP contribution in [0.3, 0.4) is 0 Å². The fourth-order valence-electron chi connectivity index (χ4n) is 3.45. The summed E-state index contributed by atoms with van der Waals surface area (Å²) in [6.07, 6.45) is 3.74. The molecule has 0 aliphatic heterocycles. The number of nitrogens with zero attached hydrogens (tertiary/aromatic N) is 5. The Hall–Kier alpha value is -3.58. The molecule has 2 aromatic carbocycles. The second-order valence-electron chi connectivity index (χ2n) is 6.96. The minimum absolute atomic E-state index is 0.609. The number of aromatic nitrogens is 5. The minimum Gasteiger partial charge on any atom is -0.398 e. The molecule has 0 bridgehead atoms. The van der Waals surface area contributed by atoms with E-state index >= 15 is 0 Å². The number of hydrogen-bond donors (Lipinski definition) is 1. The van der Waals surface area contributed by atoms with Gasteiger partial charge in [0.05, 0.1) is 11.0 Å². The number of fused-ring (bicyclic) bond motifs is 2. The van der Waals surface area contributed by atoms with Crippen LogP contribution >= 0.6 is 11.8 Å². The van der Waals surface area contributed by atoms with Gasteiger partial charge in [0, 0.05) is 39.5 Å². The van der Waals surface area contributed by atoms with E-state index in [-0.39, 0.29) is 0 Å². The van der Waals surface area contributed by atoms with Gasteiger partial charge in [-0.2, -0.15) is 0 Å². The summed E-state index contributed by atoms with van der Waals surface area (Å²) >= 11 is 1.49. The zero-order valence-corrected chi connectivity index (χ0v) is 17.3. The summed E-state index contributed by atoms with van der Waals surface area (Å²) in [5, 5.41) is 2.60. The minimum atomic E-state index is 0.609. The average Bonchev–Trinajstić information content (AvgIpc) is 2.78. The molecule has 0 fully saturated rings. The van der Waals surface area contributed by atoms with Crippen LogP contribution in [0.1, 0.15) is 5.69 Å². The zero-order valence-electron chi connectivity index (χ0n) is 16.5. The molecule has 0 aliphatic carbocycles. The lowest BCUT2D eigenvalue weighted by atomic mass is 10.1. The standard InChI is InChI=1S/C23H18N6S/c1-13-10-18(24)17-12-16(6-8-20(17)26-13)22-27-21(28-23(29-22)30-2)15-5-7-19-14(11-15)4-3-9-25-19/h3-12H,1-2H3,(H2,24,26). The van der Waals surface area contributed by atoms with Gasteiger partial charge < -0.3 is 5.73 Å². The zero-order chi connectivity index (χ0) is 20.7. The summed E-state index contributed by atoms with van der Waals surface area (Å²) in [7, 11) is 0. The van der Waals surface area contributed by atoms with Crippen molar-refractivity contribution in [3.05, 3.63) is 66.5 Å². The third-order valence-electron chi connectivity index (χ3n) is 4.89. The molecule has 0 unspecified atom stereocenters. The molecule has 0 atom stereocenters. The van der Waals surface area contributed by atoms with Gasteiger partial charge in [-0.25, -0.2) is 15.0 Å². The van der Waals surface area contributed by atoms with Crippen LogP contribution in [-0.4, -0.2) is 31.2 Å². The van der Waals surface area contributed by atoms with E-state index in [4.69, 9.17) is 10.7 Å². The third-order valence-corrected chi connectivity index (χ3v) is 5.43. The first kappa shape index (κ1) is 18.4. The average molecular weight is 411 g/mol. The van der Waals surface area contributed by atoms with Gasteiger partial charge in [0.25, 0.3) is 0 Å². The number of pyridine rings is 2. The third kappa shape index (κ3) is 3.33. The summed E-state index contributed by atoms with van der Waals surface area (Å²) in [6, 6.07) is 17.8. The van der Waals surface area contributed by atoms with Gasteiger partial charge in [0.15, 0.2) is 16.8 Å². The second kappa shape index (κ2) is 7.35. The fraction of sp³-hybridized carbons (Fsp3) is 0.0870. The Morgan fingerprint density at radius 2 is 1.53 bits per heavy atom. The summed E-state index contributed by atoms with van der Waals surface area (Å²) in [6.45, 7) is 1.94. The van der Waals surface area contributed by atoms with Crippen molar-refractivity contribution < 1.29 is 0 Å². The Balaban J connectivity index is 1.66. The molecule has 7 heteroatoms. The van der Waals surface area contributed by atoms with Crippen LogP contribution in [-0.2, 0) is 0 Å². The molecule has 5 rings (SSSR count). The lowest BCUT2D eigenvalue weighted by Crippen LogP contribution is -1.99. The predicted octanol–water partition coefficient (Wildman–Crippen LogP) is 4.91. The van der Waals surface area contributed by atoms with Crippen LogP contribution in [0.2, 0.25) is 0 Å². The van der Waals surface area contributed by atoms with Crippen LogP contribution < -0.4 is 5.73 Å². The SMILES string of the molecule is CSc1nc(-c2ccc3ncccc3c2)nc(-c2ccc3nc(C)cc(N)c3c2)n1. The van der Waals surface area contributed by atoms with Crippen molar-refractivity contribution >= 4 is 39.3 Å². The molecule has 0 saturated carbocycles. The van der Waals surface area contributed by atoms with Crippen molar-refractivity contribution in [1.82, 2.24) is 24.9 Å². The highest BCUT2D eigenvalue weighted by Gasteiger charge is 2.12. The monoisotopic (exact) mass is 410 g/mol.